The number of rotatable bonds is 1. The molecule has 3 heteroatoms. The maximum atomic E-state index is 4.93. The monoisotopic (exact) mass is 269 g/mol. The van der Waals surface area contributed by atoms with Crippen LogP contribution in [0.1, 0.15) is 43.5 Å². The Morgan fingerprint density at radius 2 is 2.05 bits per heavy atom. The number of hydrogen-bond donors (Lipinski definition) is 1. The average molecular weight is 269 g/mol. The highest BCUT2D eigenvalue weighted by Gasteiger charge is 2.27. The lowest BCUT2D eigenvalue weighted by Gasteiger charge is -2.22. The van der Waals surface area contributed by atoms with E-state index < -0.39 is 0 Å². The third kappa shape index (κ3) is 2.27. The van der Waals surface area contributed by atoms with E-state index in [1.165, 1.54) is 22.6 Å². The summed E-state index contributed by atoms with van der Waals surface area (Å²) in [5, 5.41) is 3.42. The lowest BCUT2D eigenvalue weighted by molar-refractivity contribution is 0.533. The minimum Gasteiger partial charge on any atom is -0.311 e. The Bertz CT molecular complexity index is 632. The van der Waals surface area contributed by atoms with Crippen LogP contribution in [0.4, 0.5) is 0 Å². The third-order valence-corrected chi connectivity index (χ3v) is 3.82. The predicted molar refractivity (Wildman–Crippen MR) is 82.4 cm³/mol. The molecule has 106 valence electrons. The first kappa shape index (κ1) is 13.4. The summed E-state index contributed by atoms with van der Waals surface area (Å²) in [7, 11) is 0. The number of fused-ring (bicyclic) bond motifs is 1. The Morgan fingerprint density at radius 1 is 1.25 bits per heavy atom. The maximum Gasteiger partial charge on any atom is 0.119 e. The summed E-state index contributed by atoms with van der Waals surface area (Å²) in [5.74, 6) is 1.16. The number of hydrogen-bond acceptors (Lipinski definition) is 2. The van der Waals surface area contributed by atoms with Crippen LogP contribution in [-0.2, 0) is 18.4 Å². The molecule has 0 amide bonds. The number of nitrogens with zero attached hydrogens (tertiary/aromatic N) is 2. The number of imidazole rings is 1. The summed E-state index contributed by atoms with van der Waals surface area (Å²) >= 11 is 0. The topological polar surface area (TPSA) is 29.9 Å². The van der Waals surface area contributed by atoms with Crippen LogP contribution in [0.25, 0.3) is 5.69 Å². The van der Waals surface area contributed by atoms with Gasteiger partial charge in [-0.1, -0.05) is 32.9 Å². The highest BCUT2D eigenvalue weighted by Crippen LogP contribution is 2.29. The summed E-state index contributed by atoms with van der Waals surface area (Å²) in [6, 6.07) is 8.71. The van der Waals surface area contributed by atoms with E-state index in [0.29, 0.717) is 0 Å². The minimum atomic E-state index is 0.0427. The lowest BCUT2D eigenvalue weighted by Crippen LogP contribution is -2.25. The quantitative estimate of drug-likeness (QED) is 0.862. The molecule has 3 nitrogen and oxygen atoms in total. The fraction of sp³-hybridized carbons (Fsp3) is 0.471. The van der Waals surface area contributed by atoms with Crippen LogP contribution >= 0.6 is 0 Å². The lowest BCUT2D eigenvalue weighted by atomic mass is 9.95. The van der Waals surface area contributed by atoms with Crippen LogP contribution in [0.15, 0.2) is 24.3 Å². The van der Waals surface area contributed by atoms with E-state index in [4.69, 9.17) is 4.98 Å². The molecule has 2 aromatic rings. The van der Waals surface area contributed by atoms with Gasteiger partial charge in [-0.15, -0.1) is 0 Å². The number of nitrogens with one attached hydrogen (secondary N) is 1. The van der Waals surface area contributed by atoms with Crippen molar-refractivity contribution in [1.29, 1.82) is 0 Å². The van der Waals surface area contributed by atoms with Crippen molar-refractivity contribution in [3.05, 3.63) is 47.0 Å². The first-order valence-corrected chi connectivity index (χ1v) is 7.35. The van der Waals surface area contributed by atoms with E-state index >= 15 is 0 Å². The molecule has 3 rings (SSSR count). The fourth-order valence-electron chi connectivity index (χ4n) is 2.86. The van der Waals surface area contributed by atoms with Crippen molar-refractivity contribution in [3.8, 4) is 5.69 Å². The first-order chi connectivity index (χ1) is 9.47. The summed E-state index contributed by atoms with van der Waals surface area (Å²) < 4.78 is 2.38. The molecule has 0 saturated carbocycles. The van der Waals surface area contributed by atoms with Crippen molar-refractivity contribution in [2.75, 3.05) is 6.54 Å². The Labute approximate surface area is 121 Å². The molecule has 1 aliphatic rings. The number of aryl methyl sites for hydroxylation is 1. The molecule has 1 aromatic carbocycles. The third-order valence-electron chi connectivity index (χ3n) is 3.82. The zero-order chi connectivity index (χ0) is 14.3. The molecule has 1 N–H and O–H groups in total. The molecule has 0 spiro atoms. The zero-order valence-electron chi connectivity index (χ0n) is 12.8. The predicted octanol–water partition coefficient (Wildman–Crippen LogP) is 3.12. The van der Waals surface area contributed by atoms with E-state index in [2.05, 4.69) is 61.8 Å². The van der Waals surface area contributed by atoms with Gasteiger partial charge >= 0.3 is 0 Å². The van der Waals surface area contributed by atoms with Crippen molar-refractivity contribution < 1.29 is 0 Å². The molecule has 0 bridgehead atoms. The highest BCUT2D eigenvalue weighted by atomic mass is 15.1. The summed E-state index contributed by atoms with van der Waals surface area (Å²) in [4.78, 5) is 4.93. The van der Waals surface area contributed by atoms with Crippen molar-refractivity contribution in [1.82, 2.24) is 14.9 Å². The van der Waals surface area contributed by atoms with Crippen molar-refractivity contribution in [3.63, 3.8) is 0 Å². The van der Waals surface area contributed by atoms with E-state index in [1.807, 2.05) is 0 Å². The highest BCUT2D eigenvalue weighted by molar-refractivity contribution is 5.42. The van der Waals surface area contributed by atoms with E-state index in [0.717, 1.165) is 25.3 Å². The first-order valence-electron chi connectivity index (χ1n) is 7.35. The SMILES string of the molecule is Cc1cccc(-n2c(C(C)(C)C)nc3c2CCNC3)c1. The standard InChI is InChI=1S/C17H23N3/c1-12-6-5-7-13(10-12)20-15-8-9-18-11-14(15)19-16(20)17(2,3)4/h5-7,10,18H,8-9,11H2,1-4H3. The van der Waals surface area contributed by atoms with Crippen LogP contribution in [-0.4, -0.2) is 16.1 Å². The Kier molecular flexibility index (Phi) is 3.17. The second-order valence-electron chi connectivity index (χ2n) is 6.68. The van der Waals surface area contributed by atoms with Gasteiger partial charge in [-0.3, -0.25) is 4.57 Å². The second-order valence-corrected chi connectivity index (χ2v) is 6.68. The van der Waals surface area contributed by atoms with Gasteiger partial charge in [-0.05, 0) is 24.6 Å². The van der Waals surface area contributed by atoms with Gasteiger partial charge in [0.2, 0.25) is 0 Å². The number of benzene rings is 1. The Hall–Kier alpha value is -1.61. The van der Waals surface area contributed by atoms with Crippen LogP contribution in [0.3, 0.4) is 0 Å². The fourth-order valence-corrected chi connectivity index (χ4v) is 2.86. The van der Waals surface area contributed by atoms with Gasteiger partial charge in [-0.2, -0.15) is 0 Å². The van der Waals surface area contributed by atoms with Gasteiger partial charge in [0, 0.05) is 36.3 Å². The van der Waals surface area contributed by atoms with E-state index in [9.17, 15) is 0 Å². The Morgan fingerprint density at radius 3 is 2.75 bits per heavy atom. The summed E-state index contributed by atoms with van der Waals surface area (Å²) in [6.45, 7) is 10.8. The van der Waals surface area contributed by atoms with Crippen molar-refractivity contribution in [2.24, 2.45) is 0 Å². The van der Waals surface area contributed by atoms with E-state index in [-0.39, 0.29) is 5.41 Å². The van der Waals surface area contributed by atoms with Gasteiger partial charge < -0.3 is 5.32 Å². The van der Waals surface area contributed by atoms with Crippen LogP contribution in [0.5, 0.6) is 0 Å². The summed E-state index contributed by atoms with van der Waals surface area (Å²) in [6.07, 6.45) is 1.05. The van der Waals surface area contributed by atoms with Crippen LogP contribution in [0, 0.1) is 6.92 Å². The molecule has 1 aliphatic heterocycles. The molecule has 0 fully saturated rings. The van der Waals surface area contributed by atoms with Gasteiger partial charge in [0.1, 0.15) is 5.82 Å². The van der Waals surface area contributed by atoms with E-state index in [1.54, 1.807) is 0 Å². The van der Waals surface area contributed by atoms with Gasteiger partial charge in [-0.25, -0.2) is 4.98 Å². The van der Waals surface area contributed by atoms with Crippen molar-refractivity contribution in [2.45, 2.75) is 46.1 Å². The van der Waals surface area contributed by atoms with Crippen LogP contribution in [0.2, 0.25) is 0 Å². The average Bonchev–Trinajstić information content (AvgIpc) is 2.78. The molecule has 0 aliphatic carbocycles. The van der Waals surface area contributed by atoms with Crippen molar-refractivity contribution >= 4 is 0 Å². The zero-order valence-corrected chi connectivity index (χ0v) is 12.8. The Balaban J connectivity index is 2.24. The number of aromatic nitrogens is 2. The molecular formula is C17H23N3. The summed E-state index contributed by atoms with van der Waals surface area (Å²) in [5.41, 5.74) is 5.16. The molecular weight excluding hydrogens is 246 g/mol. The maximum absolute atomic E-state index is 4.93. The van der Waals surface area contributed by atoms with Gasteiger partial charge in [0.05, 0.1) is 5.69 Å². The molecule has 2 heterocycles. The molecule has 0 radical (unpaired) electrons. The van der Waals surface area contributed by atoms with Crippen LogP contribution < -0.4 is 5.32 Å². The molecule has 20 heavy (non-hydrogen) atoms. The largest absolute Gasteiger partial charge is 0.311 e. The smallest absolute Gasteiger partial charge is 0.119 e. The second kappa shape index (κ2) is 4.74. The molecule has 0 saturated heterocycles. The minimum absolute atomic E-state index is 0.0427. The van der Waals surface area contributed by atoms with Gasteiger partial charge in [0.15, 0.2) is 0 Å². The molecule has 0 atom stereocenters. The normalized spacial score (nSPS) is 15.2. The van der Waals surface area contributed by atoms with Gasteiger partial charge in [0.25, 0.3) is 0 Å². The molecule has 1 aromatic heterocycles. The molecule has 0 unspecified atom stereocenters.